The highest BCUT2D eigenvalue weighted by atomic mass is 32.1. The summed E-state index contributed by atoms with van der Waals surface area (Å²) in [5.74, 6) is 0.0163. The number of hydrogen-bond donors (Lipinski definition) is 2. The van der Waals surface area contributed by atoms with Gasteiger partial charge in [0.05, 0.1) is 10.2 Å². The summed E-state index contributed by atoms with van der Waals surface area (Å²) in [6.07, 6.45) is 2.32. The molecule has 0 spiro atoms. The Bertz CT molecular complexity index is 1510. The highest BCUT2D eigenvalue weighted by Crippen LogP contribution is 2.30. The Morgan fingerprint density at radius 3 is 2.67 bits per heavy atom. The van der Waals surface area contributed by atoms with Crippen molar-refractivity contribution in [2.24, 2.45) is 4.99 Å². The van der Waals surface area contributed by atoms with Gasteiger partial charge in [0.1, 0.15) is 6.73 Å². The number of aryl methyl sites for hydroxylation is 1. The summed E-state index contributed by atoms with van der Waals surface area (Å²) < 4.78 is 9.28. The molecule has 0 unspecified atom stereocenters. The lowest BCUT2D eigenvalue weighted by molar-refractivity contribution is 0.0691. The molecule has 13 heteroatoms. The molecule has 0 saturated carbocycles. The van der Waals surface area contributed by atoms with Crippen LogP contribution in [0.25, 0.3) is 10.2 Å². The second kappa shape index (κ2) is 13.6. The van der Waals surface area contributed by atoms with Crippen molar-refractivity contribution in [3.05, 3.63) is 51.8 Å². The second-order valence-corrected chi connectivity index (χ2v) is 18.2. The van der Waals surface area contributed by atoms with Gasteiger partial charge in [-0.2, -0.15) is 4.99 Å². The van der Waals surface area contributed by atoms with Gasteiger partial charge in [0.25, 0.3) is 0 Å². The van der Waals surface area contributed by atoms with Gasteiger partial charge >= 0.3 is 5.97 Å². The minimum atomic E-state index is -1.19. The molecule has 2 N–H and O–H groups in total. The van der Waals surface area contributed by atoms with E-state index in [-0.39, 0.29) is 12.3 Å². The molecule has 0 amide bonds. The normalized spacial score (nSPS) is 12.4. The second-order valence-electron chi connectivity index (χ2n) is 10.7. The van der Waals surface area contributed by atoms with Crippen molar-refractivity contribution < 1.29 is 19.7 Å². The number of benzene rings is 1. The lowest BCUT2D eigenvalue weighted by Crippen LogP contribution is -2.23. The number of carbonyl (C=O) groups is 1. The number of nitrogens with zero attached hydrogens (tertiary/aromatic N) is 6. The number of aromatic nitrogens is 4. The van der Waals surface area contributed by atoms with Crippen molar-refractivity contribution in [3.63, 3.8) is 0 Å². The van der Waals surface area contributed by atoms with Crippen LogP contribution in [0.5, 0.6) is 0 Å². The van der Waals surface area contributed by atoms with Gasteiger partial charge in [-0.1, -0.05) is 43.1 Å². The van der Waals surface area contributed by atoms with Crippen LogP contribution >= 0.6 is 22.7 Å². The molecule has 214 valence electrons. The van der Waals surface area contributed by atoms with Crippen LogP contribution in [0.4, 0.5) is 16.8 Å². The first kappa shape index (κ1) is 30.0. The number of aromatic carboxylic acids is 1. The molecule has 0 aliphatic carbocycles. The fourth-order valence-electron chi connectivity index (χ4n) is 3.92. The van der Waals surface area contributed by atoms with Crippen molar-refractivity contribution in [2.45, 2.75) is 58.6 Å². The van der Waals surface area contributed by atoms with Gasteiger partial charge in [0.15, 0.2) is 27.3 Å². The number of aliphatic hydroxyl groups excluding tert-OH is 1. The summed E-state index contributed by atoms with van der Waals surface area (Å²) in [7, 11) is -1.19. The predicted octanol–water partition coefficient (Wildman–Crippen LogP) is 5.80. The molecule has 3 aromatic heterocycles. The SMILES string of the molecule is Cc1cc(N(CCCCCO)c2nc(C(=O)O)cs2)nnc1N=c1sc2ccccc2n1COCC[Si](C)(C)C. The fourth-order valence-corrected chi connectivity index (χ4v) is 6.53. The van der Waals surface area contributed by atoms with E-state index in [0.29, 0.717) is 43.1 Å². The number of para-hydroxylation sites is 1. The van der Waals surface area contributed by atoms with Gasteiger partial charge in [-0.3, -0.25) is 4.57 Å². The van der Waals surface area contributed by atoms with Crippen LogP contribution in [0.1, 0.15) is 35.3 Å². The van der Waals surface area contributed by atoms with E-state index in [1.54, 1.807) is 11.3 Å². The monoisotopic (exact) mass is 600 g/mol. The molecule has 4 aromatic rings. The molecular weight excluding hydrogens is 565 g/mol. The third-order valence-electron chi connectivity index (χ3n) is 6.21. The van der Waals surface area contributed by atoms with Crippen LogP contribution in [0.3, 0.4) is 0 Å². The van der Waals surface area contributed by atoms with Gasteiger partial charge in [0.2, 0.25) is 0 Å². The summed E-state index contributed by atoms with van der Waals surface area (Å²) in [5.41, 5.74) is 1.90. The first-order valence-corrected chi connectivity index (χ1v) is 18.7. The van der Waals surface area contributed by atoms with Gasteiger partial charge in [0, 0.05) is 33.2 Å². The predicted molar refractivity (Wildman–Crippen MR) is 163 cm³/mol. The van der Waals surface area contributed by atoms with E-state index >= 15 is 0 Å². The molecule has 0 radical (unpaired) electrons. The number of thiazole rings is 2. The van der Waals surface area contributed by atoms with Gasteiger partial charge in [-0.25, -0.2) is 9.78 Å². The van der Waals surface area contributed by atoms with Crippen LogP contribution < -0.4 is 9.70 Å². The Balaban J connectivity index is 1.64. The minimum Gasteiger partial charge on any atom is -0.476 e. The number of carboxylic acid groups (broad SMARTS) is 1. The Morgan fingerprint density at radius 2 is 1.98 bits per heavy atom. The highest BCUT2D eigenvalue weighted by molar-refractivity contribution is 7.16. The van der Waals surface area contributed by atoms with E-state index < -0.39 is 14.0 Å². The number of aliphatic hydroxyl groups is 1. The Morgan fingerprint density at radius 1 is 1.18 bits per heavy atom. The van der Waals surface area contributed by atoms with Gasteiger partial charge in [-0.15, -0.1) is 21.5 Å². The molecule has 4 rings (SSSR count). The van der Waals surface area contributed by atoms with Crippen LogP contribution in [0.15, 0.2) is 40.7 Å². The van der Waals surface area contributed by atoms with Crippen molar-refractivity contribution in [1.29, 1.82) is 0 Å². The smallest absolute Gasteiger partial charge is 0.355 e. The molecule has 10 nitrogen and oxygen atoms in total. The molecule has 40 heavy (non-hydrogen) atoms. The topological polar surface area (TPSA) is 126 Å². The van der Waals surface area contributed by atoms with Crippen LogP contribution in [0.2, 0.25) is 25.7 Å². The Hall–Kier alpha value is -2.97. The van der Waals surface area contributed by atoms with E-state index in [1.165, 1.54) is 16.7 Å². The zero-order valence-corrected chi connectivity index (χ0v) is 26.0. The lowest BCUT2D eigenvalue weighted by atomic mass is 10.2. The summed E-state index contributed by atoms with van der Waals surface area (Å²) in [4.78, 5) is 23.3. The number of hydrogen-bond acceptors (Lipinski definition) is 10. The van der Waals surface area contributed by atoms with Crippen molar-refractivity contribution >= 4 is 63.7 Å². The number of unbranched alkanes of at least 4 members (excludes halogenated alkanes) is 2. The third-order valence-corrected chi connectivity index (χ3v) is 9.84. The van der Waals surface area contributed by atoms with E-state index in [2.05, 4.69) is 51.5 Å². The molecular formula is C27H36N6O4S2Si. The molecule has 3 heterocycles. The molecule has 0 fully saturated rings. The Kier molecular flexibility index (Phi) is 10.2. The molecule has 0 aliphatic rings. The molecule has 0 atom stereocenters. The number of fused-ring (bicyclic) bond motifs is 1. The number of rotatable bonds is 14. The summed E-state index contributed by atoms with van der Waals surface area (Å²) in [6, 6.07) is 11.2. The van der Waals surface area contributed by atoms with Crippen LogP contribution in [0, 0.1) is 6.92 Å². The van der Waals surface area contributed by atoms with Gasteiger partial charge < -0.3 is 19.8 Å². The standard InChI is InChI=1S/C27H36N6O4S2Si/c1-19-16-23(32(12-8-5-9-13-34)26-28-20(17-38-26)25(35)36)30-31-24(19)29-27-33(18-37-14-15-40(2,3)4)21-10-6-7-11-22(21)39-27/h6-7,10-11,16-17,34H,5,8-9,12-15,18H2,1-4H3,(H,35,36). The average molecular weight is 601 g/mol. The summed E-state index contributed by atoms with van der Waals surface area (Å²) >= 11 is 2.83. The number of anilines is 2. The van der Waals surface area contributed by atoms with Crippen molar-refractivity contribution in [2.75, 3.05) is 24.7 Å². The van der Waals surface area contributed by atoms with Crippen molar-refractivity contribution in [3.8, 4) is 0 Å². The molecule has 0 bridgehead atoms. The fraction of sp³-hybridized carbons (Fsp3) is 0.444. The molecule has 0 aliphatic heterocycles. The number of ether oxygens (including phenoxy) is 1. The van der Waals surface area contributed by atoms with Crippen molar-refractivity contribution in [1.82, 2.24) is 19.7 Å². The first-order valence-electron chi connectivity index (χ1n) is 13.3. The Labute approximate surface area is 242 Å². The maximum atomic E-state index is 11.4. The zero-order valence-electron chi connectivity index (χ0n) is 23.3. The largest absolute Gasteiger partial charge is 0.476 e. The molecule has 1 aromatic carbocycles. The van der Waals surface area contributed by atoms with E-state index in [1.807, 2.05) is 30.0 Å². The van der Waals surface area contributed by atoms with E-state index in [9.17, 15) is 9.90 Å². The summed E-state index contributed by atoms with van der Waals surface area (Å²) in [6.45, 7) is 10.8. The van der Waals surface area contributed by atoms with Crippen LogP contribution in [-0.2, 0) is 11.5 Å². The van der Waals surface area contributed by atoms with E-state index in [0.717, 1.165) is 39.5 Å². The highest BCUT2D eigenvalue weighted by Gasteiger charge is 2.19. The average Bonchev–Trinajstić information content (AvgIpc) is 3.53. The maximum Gasteiger partial charge on any atom is 0.355 e. The lowest BCUT2D eigenvalue weighted by Gasteiger charge is -2.20. The third kappa shape index (κ3) is 7.82. The van der Waals surface area contributed by atoms with Gasteiger partial charge in [-0.05, 0) is 56.0 Å². The summed E-state index contributed by atoms with van der Waals surface area (Å²) in [5, 5.41) is 29.5. The van der Waals surface area contributed by atoms with Crippen LogP contribution in [-0.4, -0.2) is 63.8 Å². The maximum absolute atomic E-state index is 11.4. The first-order chi connectivity index (χ1) is 19.2. The van der Waals surface area contributed by atoms with E-state index in [4.69, 9.17) is 14.8 Å². The molecule has 0 saturated heterocycles. The zero-order chi connectivity index (χ0) is 28.7. The quantitative estimate of drug-likeness (QED) is 0.137. The number of carboxylic acids is 1. The minimum absolute atomic E-state index is 0.00182.